The predicted octanol–water partition coefficient (Wildman–Crippen LogP) is 4.32. The number of hydrogen-bond acceptors (Lipinski definition) is 3. The van der Waals surface area contributed by atoms with E-state index in [1.807, 2.05) is 0 Å². The highest BCUT2D eigenvalue weighted by atomic mass is 16.5. The topological polar surface area (TPSA) is 46.5 Å². The van der Waals surface area contributed by atoms with Gasteiger partial charge in [0, 0.05) is 6.92 Å². The number of carbonyl (C=O) groups excluding carboxylic acids is 1. The zero-order valence-corrected chi connectivity index (χ0v) is 15.6. The fraction of sp³-hybridized carbons (Fsp3) is 0.952. The Labute approximate surface area is 146 Å². The normalized spacial score (nSPS) is 53.7. The van der Waals surface area contributed by atoms with Crippen molar-refractivity contribution in [1.29, 1.82) is 0 Å². The standard InChI is InChI=1S/C21H34O3/c1-13(22)24-16-6-9-21(3)14(10-16)4-5-17-18(21)7-8-20(2)12-15(23)11-19(17)20/h14-19,23H,4-12H2,1-3H3. The fourth-order valence-corrected chi connectivity index (χ4v) is 7.58. The van der Waals surface area contributed by atoms with E-state index >= 15 is 0 Å². The average molecular weight is 335 g/mol. The minimum Gasteiger partial charge on any atom is -0.463 e. The molecule has 0 aliphatic heterocycles. The van der Waals surface area contributed by atoms with Gasteiger partial charge >= 0.3 is 5.97 Å². The van der Waals surface area contributed by atoms with Crippen LogP contribution in [0.3, 0.4) is 0 Å². The molecule has 0 aromatic carbocycles. The highest BCUT2D eigenvalue weighted by molar-refractivity contribution is 5.66. The SMILES string of the molecule is CC(=O)OC1CCC2(C)C(CCC3C4CC(O)CC4(C)CCC32)C1. The Morgan fingerprint density at radius 2 is 1.83 bits per heavy atom. The summed E-state index contributed by atoms with van der Waals surface area (Å²) in [4.78, 5) is 11.3. The quantitative estimate of drug-likeness (QED) is 0.726. The molecule has 4 saturated carbocycles. The minimum absolute atomic E-state index is 0.0658. The molecule has 3 nitrogen and oxygen atoms in total. The van der Waals surface area contributed by atoms with E-state index in [0.717, 1.165) is 43.4 Å². The summed E-state index contributed by atoms with van der Waals surface area (Å²) < 4.78 is 5.55. The molecule has 3 heteroatoms. The maximum Gasteiger partial charge on any atom is 0.302 e. The number of fused-ring (bicyclic) bond motifs is 5. The van der Waals surface area contributed by atoms with Crippen LogP contribution in [-0.4, -0.2) is 23.3 Å². The summed E-state index contributed by atoms with van der Waals surface area (Å²) in [6, 6.07) is 0. The van der Waals surface area contributed by atoms with Crippen LogP contribution in [0.2, 0.25) is 0 Å². The summed E-state index contributed by atoms with van der Waals surface area (Å²) in [6.45, 7) is 6.51. The van der Waals surface area contributed by atoms with Crippen LogP contribution < -0.4 is 0 Å². The molecular weight excluding hydrogens is 300 g/mol. The summed E-state index contributed by atoms with van der Waals surface area (Å²) in [6.07, 6.45) is 10.7. The number of rotatable bonds is 1. The van der Waals surface area contributed by atoms with E-state index in [4.69, 9.17) is 4.74 Å². The van der Waals surface area contributed by atoms with Gasteiger partial charge < -0.3 is 9.84 Å². The van der Waals surface area contributed by atoms with E-state index in [-0.39, 0.29) is 18.2 Å². The maximum atomic E-state index is 11.3. The lowest BCUT2D eigenvalue weighted by atomic mass is 9.45. The van der Waals surface area contributed by atoms with Gasteiger partial charge in [-0.05, 0) is 92.3 Å². The van der Waals surface area contributed by atoms with Crippen LogP contribution in [0.4, 0.5) is 0 Å². The smallest absolute Gasteiger partial charge is 0.302 e. The van der Waals surface area contributed by atoms with Gasteiger partial charge in [0.05, 0.1) is 6.10 Å². The molecule has 136 valence electrons. The van der Waals surface area contributed by atoms with Crippen molar-refractivity contribution in [2.45, 2.75) is 90.8 Å². The second kappa shape index (κ2) is 5.72. The Morgan fingerprint density at radius 3 is 2.58 bits per heavy atom. The van der Waals surface area contributed by atoms with Gasteiger partial charge in [0.1, 0.15) is 6.10 Å². The molecule has 4 aliphatic rings. The number of hydrogen-bond donors (Lipinski definition) is 1. The molecule has 8 unspecified atom stereocenters. The first kappa shape index (κ1) is 16.9. The van der Waals surface area contributed by atoms with Crippen LogP contribution in [0.5, 0.6) is 0 Å². The molecule has 4 rings (SSSR count). The molecule has 4 aliphatic carbocycles. The van der Waals surface area contributed by atoms with Crippen molar-refractivity contribution in [2.75, 3.05) is 0 Å². The van der Waals surface area contributed by atoms with Crippen LogP contribution in [-0.2, 0) is 9.53 Å². The monoisotopic (exact) mass is 334 g/mol. The summed E-state index contributed by atoms with van der Waals surface area (Å²) >= 11 is 0. The third-order valence-corrected chi connectivity index (χ3v) is 8.70. The minimum atomic E-state index is -0.120. The van der Waals surface area contributed by atoms with Crippen LogP contribution >= 0.6 is 0 Å². The van der Waals surface area contributed by atoms with Crippen LogP contribution in [0.15, 0.2) is 0 Å². The van der Waals surface area contributed by atoms with Gasteiger partial charge in [-0.25, -0.2) is 0 Å². The van der Waals surface area contributed by atoms with Crippen molar-refractivity contribution in [1.82, 2.24) is 0 Å². The van der Waals surface area contributed by atoms with Gasteiger partial charge in [-0.2, -0.15) is 0 Å². The molecule has 1 N–H and O–H groups in total. The second-order valence-corrected chi connectivity index (χ2v) is 9.95. The van der Waals surface area contributed by atoms with Gasteiger partial charge in [-0.15, -0.1) is 0 Å². The van der Waals surface area contributed by atoms with E-state index in [9.17, 15) is 9.90 Å². The summed E-state index contributed by atoms with van der Waals surface area (Å²) in [7, 11) is 0. The molecule has 0 aromatic heterocycles. The Bertz CT molecular complexity index is 517. The molecule has 0 amide bonds. The fourth-order valence-electron chi connectivity index (χ4n) is 7.58. The second-order valence-electron chi connectivity index (χ2n) is 9.95. The van der Waals surface area contributed by atoms with Crippen molar-refractivity contribution in [3.63, 3.8) is 0 Å². The number of carbonyl (C=O) groups is 1. The highest BCUT2D eigenvalue weighted by Crippen LogP contribution is 2.66. The highest BCUT2D eigenvalue weighted by Gasteiger charge is 2.59. The van der Waals surface area contributed by atoms with E-state index < -0.39 is 0 Å². The Balaban J connectivity index is 1.53. The zero-order valence-electron chi connectivity index (χ0n) is 15.6. The van der Waals surface area contributed by atoms with Gasteiger partial charge in [-0.1, -0.05) is 13.8 Å². The lowest BCUT2D eigenvalue weighted by Gasteiger charge is -2.60. The van der Waals surface area contributed by atoms with Crippen LogP contribution in [0, 0.1) is 34.5 Å². The van der Waals surface area contributed by atoms with E-state index in [1.165, 1.54) is 39.0 Å². The van der Waals surface area contributed by atoms with Crippen LogP contribution in [0.25, 0.3) is 0 Å². The zero-order chi connectivity index (χ0) is 17.1. The molecule has 24 heavy (non-hydrogen) atoms. The van der Waals surface area contributed by atoms with Crippen molar-refractivity contribution in [3.8, 4) is 0 Å². The number of aliphatic hydroxyl groups excluding tert-OH is 1. The summed E-state index contributed by atoms with van der Waals surface area (Å²) in [5.74, 6) is 2.96. The molecule has 4 fully saturated rings. The van der Waals surface area contributed by atoms with Gasteiger partial charge in [-0.3, -0.25) is 4.79 Å². The van der Waals surface area contributed by atoms with Crippen molar-refractivity contribution in [3.05, 3.63) is 0 Å². The lowest BCUT2D eigenvalue weighted by Crippen LogP contribution is -2.53. The summed E-state index contributed by atoms with van der Waals surface area (Å²) in [5.41, 5.74) is 0.813. The van der Waals surface area contributed by atoms with Crippen molar-refractivity contribution >= 4 is 5.97 Å². The number of ether oxygens (including phenoxy) is 1. The predicted molar refractivity (Wildman–Crippen MR) is 93.3 cm³/mol. The third-order valence-electron chi connectivity index (χ3n) is 8.70. The Kier molecular flexibility index (Phi) is 4.02. The van der Waals surface area contributed by atoms with Gasteiger partial charge in [0.15, 0.2) is 0 Å². The van der Waals surface area contributed by atoms with Gasteiger partial charge in [0.25, 0.3) is 0 Å². The van der Waals surface area contributed by atoms with E-state index in [2.05, 4.69) is 13.8 Å². The molecule has 0 aromatic rings. The molecular formula is C21H34O3. The molecule has 0 spiro atoms. The van der Waals surface area contributed by atoms with E-state index in [0.29, 0.717) is 16.7 Å². The molecule has 0 bridgehead atoms. The van der Waals surface area contributed by atoms with Crippen molar-refractivity contribution < 1.29 is 14.6 Å². The largest absolute Gasteiger partial charge is 0.463 e. The molecule has 8 atom stereocenters. The maximum absolute atomic E-state index is 11.3. The summed E-state index contributed by atoms with van der Waals surface area (Å²) in [5, 5.41) is 10.3. The first-order valence-electron chi connectivity index (χ1n) is 10.2. The van der Waals surface area contributed by atoms with Crippen LogP contribution in [0.1, 0.15) is 78.6 Å². The third kappa shape index (κ3) is 2.53. The van der Waals surface area contributed by atoms with Gasteiger partial charge in [0.2, 0.25) is 0 Å². The first-order chi connectivity index (χ1) is 11.3. The Hall–Kier alpha value is -0.570. The number of esters is 1. The van der Waals surface area contributed by atoms with Crippen molar-refractivity contribution in [2.24, 2.45) is 34.5 Å². The molecule has 0 radical (unpaired) electrons. The molecule has 0 saturated heterocycles. The number of aliphatic hydroxyl groups is 1. The van der Waals surface area contributed by atoms with E-state index in [1.54, 1.807) is 0 Å². The lowest BCUT2D eigenvalue weighted by molar-refractivity contribution is -0.159. The molecule has 0 heterocycles. The average Bonchev–Trinajstić information content (AvgIpc) is 2.81. The first-order valence-corrected chi connectivity index (χ1v) is 10.2. The Morgan fingerprint density at radius 1 is 1.04 bits per heavy atom.